The van der Waals surface area contributed by atoms with Gasteiger partial charge in [0.1, 0.15) is 0 Å². The lowest BCUT2D eigenvalue weighted by Gasteiger charge is -1.80. The average molecular weight is 121 g/mol. The molecule has 0 bridgehead atoms. The first-order valence-corrected chi connectivity index (χ1v) is 4.84. The fraction of sp³-hybridized carbons (Fsp3) is 1.00. The highest BCUT2D eigenvalue weighted by Gasteiger charge is 2.02. The van der Waals surface area contributed by atoms with E-state index in [0.717, 1.165) is 5.75 Å². The highest BCUT2D eigenvalue weighted by Crippen LogP contribution is 2.18. The monoisotopic (exact) mass is 121 g/mol. The molecule has 0 spiro atoms. The van der Waals surface area contributed by atoms with E-state index in [0.29, 0.717) is 0 Å². The fourth-order valence-corrected chi connectivity index (χ4v) is 3.24. The zero-order valence-electron chi connectivity index (χ0n) is 3.44. The molecule has 36 valence electrons. The standard InChI is InChI=1S/C3H7NS2/c4-6-3-1-2-5-6/h4H,1-3H2. The number of rotatable bonds is 0. The maximum Gasteiger partial charge on any atom is 0.0146 e. The molecule has 1 aliphatic rings. The Balaban J connectivity index is 2.37. The molecule has 1 aliphatic heterocycles. The predicted molar refractivity (Wildman–Crippen MR) is 32.0 cm³/mol. The number of nitrogens with one attached hydrogen (secondary N) is 1. The zero-order valence-corrected chi connectivity index (χ0v) is 5.07. The molecular weight excluding hydrogens is 114 g/mol. The minimum atomic E-state index is -0.00617. The molecular formula is C3H7NS2. The van der Waals surface area contributed by atoms with Crippen LogP contribution in [0.3, 0.4) is 0 Å². The molecule has 1 heterocycles. The van der Waals surface area contributed by atoms with Gasteiger partial charge < -0.3 is 0 Å². The lowest BCUT2D eigenvalue weighted by atomic mass is 10.6. The molecule has 1 N–H and O–H groups in total. The summed E-state index contributed by atoms with van der Waals surface area (Å²) in [5, 5.41) is 0. The SMILES string of the molecule is N=S1CCCS1. The Morgan fingerprint density at radius 3 is 2.67 bits per heavy atom. The molecule has 0 aromatic rings. The quantitative estimate of drug-likeness (QED) is 0.481. The van der Waals surface area contributed by atoms with Crippen molar-refractivity contribution in [2.24, 2.45) is 0 Å². The molecule has 0 aromatic heterocycles. The van der Waals surface area contributed by atoms with Gasteiger partial charge in [0.25, 0.3) is 0 Å². The van der Waals surface area contributed by atoms with Crippen LogP contribution in [0.2, 0.25) is 0 Å². The van der Waals surface area contributed by atoms with Crippen LogP contribution in [0, 0.1) is 4.78 Å². The molecule has 0 amide bonds. The summed E-state index contributed by atoms with van der Waals surface area (Å²) in [7, 11) is 1.79. The van der Waals surface area contributed by atoms with Crippen molar-refractivity contribution in [2.75, 3.05) is 11.5 Å². The Labute approximate surface area is 43.8 Å². The Kier molecular flexibility index (Phi) is 1.54. The van der Waals surface area contributed by atoms with E-state index in [1.165, 1.54) is 12.2 Å². The van der Waals surface area contributed by atoms with Gasteiger partial charge in [0.05, 0.1) is 0 Å². The molecule has 0 aliphatic carbocycles. The van der Waals surface area contributed by atoms with Gasteiger partial charge in [0.2, 0.25) is 0 Å². The minimum absolute atomic E-state index is 0.00617. The third kappa shape index (κ3) is 0.980. The average Bonchev–Trinajstić information content (AvgIpc) is 1.86. The van der Waals surface area contributed by atoms with E-state index in [1.807, 2.05) is 0 Å². The second-order valence-electron chi connectivity index (χ2n) is 1.23. The van der Waals surface area contributed by atoms with Gasteiger partial charge in [-0.05, 0) is 16.1 Å². The molecule has 1 unspecified atom stereocenters. The molecule has 1 nitrogen and oxygen atoms in total. The van der Waals surface area contributed by atoms with Crippen LogP contribution in [0.1, 0.15) is 6.42 Å². The van der Waals surface area contributed by atoms with E-state index in [9.17, 15) is 0 Å². The molecule has 3 heteroatoms. The van der Waals surface area contributed by atoms with Gasteiger partial charge in [-0.3, -0.25) is 4.78 Å². The third-order valence-electron chi connectivity index (χ3n) is 0.700. The third-order valence-corrected chi connectivity index (χ3v) is 3.95. The van der Waals surface area contributed by atoms with Crippen molar-refractivity contribution in [3.05, 3.63) is 0 Å². The second-order valence-corrected chi connectivity index (χ2v) is 4.88. The molecule has 1 atom stereocenters. The van der Waals surface area contributed by atoms with Gasteiger partial charge in [-0.25, -0.2) is 0 Å². The largest absolute Gasteiger partial charge is 0.270 e. The van der Waals surface area contributed by atoms with Gasteiger partial charge in [-0.2, -0.15) is 0 Å². The van der Waals surface area contributed by atoms with E-state index in [-0.39, 0.29) is 9.72 Å². The first-order chi connectivity index (χ1) is 2.89. The maximum atomic E-state index is 7.12. The maximum absolute atomic E-state index is 7.12. The zero-order chi connectivity index (χ0) is 4.41. The number of hydrogen-bond acceptors (Lipinski definition) is 2. The molecule has 1 saturated heterocycles. The van der Waals surface area contributed by atoms with Crippen LogP contribution in [0.5, 0.6) is 0 Å². The lowest BCUT2D eigenvalue weighted by molar-refractivity contribution is 1.14. The van der Waals surface area contributed by atoms with Crippen molar-refractivity contribution < 1.29 is 0 Å². The Morgan fingerprint density at radius 2 is 2.50 bits per heavy atom. The summed E-state index contributed by atoms with van der Waals surface area (Å²) in [5.41, 5.74) is 0. The van der Waals surface area contributed by atoms with Crippen molar-refractivity contribution in [1.82, 2.24) is 0 Å². The summed E-state index contributed by atoms with van der Waals surface area (Å²) in [6.07, 6.45) is 1.28. The topological polar surface area (TPSA) is 23.9 Å². The van der Waals surface area contributed by atoms with Crippen molar-refractivity contribution in [1.29, 1.82) is 4.78 Å². The summed E-state index contributed by atoms with van der Waals surface area (Å²) in [4.78, 5) is 0. The molecule has 0 saturated carbocycles. The molecule has 0 radical (unpaired) electrons. The fourth-order valence-electron chi connectivity index (χ4n) is 0.408. The van der Waals surface area contributed by atoms with Gasteiger partial charge in [-0.1, -0.05) is 10.8 Å². The summed E-state index contributed by atoms with van der Waals surface area (Å²) in [5.74, 6) is 2.37. The highest BCUT2D eigenvalue weighted by atomic mass is 33.1. The highest BCUT2D eigenvalue weighted by molar-refractivity contribution is 8.70. The Bertz CT molecular complexity index is 63.2. The number of hydrogen-bond donors (Lipinski definition) is 1. The van der Waals surface area contributed by atoms with Crippen molar-refractivity contribution >= 4 is 20.5 Å². The van der Waals surface area contributed by atoms with E-state index in [2.05, 4.69) is 0 Å². The van der Waals surface area contributed by atoms with Gasteiger partial charge in [0.15, 0.2) is 0 Å². The van der Waals surface area contributed by atoms with Gasteiger partial charge in [-0.15, -0.1) is 0 Å². The second kappa shape index (κ2) is 1.98. The van der Waals surface area contributed by atoms with Crippen molar-refractivity contribution in [3.63, 3.8) is 0 Å². The van der Waals surface area contributed by atoms with E-state index in [4.69, 9.17) is 4.78 Å². The first kappa shape index (κ1) is 4.65. The van der Waals surface area contributed by atoms with Crippen LogP contribution in [-0.2, 0) is 9.72 Å². The Hall–Kier alpha value is 0.500. The van der Waals surface area contributed by atoms with Gasteiger partial charge >= 0.3 is 0 Å². The summed E-state index contributed by atoms with van der Waals surface area (Å²) in [6, 6.07) is 0. The van der Waals surface area contributed by atoms with Crippen LogP contribution in [0.4, 0.5) is 0 Å². The van der Waals surface area contributed by atoms with Crippen LogP contribution < -0.4 is 0 Å². The van der Waals surface area contributed by atoms with Crippen molar-refractivity contribution in [3.8, 4) is 0 Å². The summed E-state index contributed by atoms with van der Waals surface area (Å²) < 4.78 is 7.12. The van der Waals surface area contributed by atoms with Crippen molar-refractivity contribution in [2.45, 2.75) is 6.42 Å². The molecule has 1 fully saturated rings. The van der Waals surface area contributed by atoms with Gasteiger partial charge in [0, 0.05) is 11.5 Å². The van der Waals surface area contributed by atoms with E-state index in [1.54, 1.807) is 10.8 Å². The molecule has 0 aromatic carbocycles. The van der Waals surface area contributed by atoms with Crippen LogP contribution in [-0.4, -0.2) is 11.5 Å². The molecule has 6 heavy (non-hydrogen) atoms. The van der Waals surface area contributed by atoms with Crippen LogP contribution in [0.15, 0.2) is 0 Å². The normalized spacial score (nSPS) is 34.3. The van der Waals surface area contributed by atoms with Crippen LogP contribution >= 0.6 is 10.8 Å². The lowest BCUT2D eigenvalue weighted by Crippen LogP contribution is -1.74. The Morgan fingerprint density at radius 1 is 1.67 bits per heavy atom. The van der Waals surface area contributed by atoms with E-state index < -0.39 is 0 Å². The summed E-state index contributed by atoms with van der Waals surface area (Å²) in [6.45, 7) is 0. The van der Waals surface area contributed by atoms with Crippen LogP contribution in [0.25, 0.3) is 0 Å². The smallest absolute Gasteiger partial charge is 0.0146 e. The van der Waals surface area contributed by atoms with E-state index >= 15 is 0 Å². The first-order valence-electron chi connectivity index (χ1n) is 1.95. The molecule has 1 rings (SSSR count). The summed E-state index contributed by atoms with van der Waals surface area (Å²) >= 11 is 0. The minimum Gasteiger partial charge on any atom is -0.270 e. The predicted octanol–water partition coefficient (Wildman–Crippen LogP) is 1.42.